The Kier molecular flexibility index (Phi) is 8.01. The van der Waals surface area contributed by atoms with Crippen molar-refractivity contribution in [1.82, 2.24) is 15.1 Å². The summed E-state index contributed by atoms with van der Waals surface area (Å²) in [6, 6.07) is 5.97. The van der Waals surface area contributed by atoms with Gasteiger partial charge < -0.3 is 10.4 Å². The number of aliphatic carboxylic acids is 1. The first-order chi connectivity index (χ1) is 16.3. The van der Waals surface area contributed by atoms with Gasteiger partial charge in [-0.25, -0.2) is 0 Å². The van der Waals surface area contributed by atoms with E-state index in [1.165, 1.54) is 19.3 Å². The number of hydrogen-bond donors (Lipinski definition) is 2. The van der Waals surface area contributed by atoms with Crippen molar-refractivity contribution < 1.29 is 14.7 Å². The van der Waals surface area contributed by atoms with E-state index in [1.807, 2.05) is 32.0 Å². The summed E-state index contributed by atoms with van der Waals surface area (Å²) < 4.78 is 0. The molecule has 6 nitrogen and oxygen atoms in total. The Balaban J connectivity index is 1.39. The predicted molar refractivity (Wildman–Crippen MR) is 135 cm³/mol. The number of carbonyl (C=O) groups is 2. The summed E-state index contributed by atoms with van der Waals surface area (Å²) in [5.41, 5.74) is 2.79. The van der Waals surface area contributed by atoms with Crippen molar-refractivity contribution in [3.05, 3.63) is 46.0 Å². The number of allylic oxidation sites excluding steroid dienone is 1. The van der Waals surface area contributed by atoms with Crippen LogP contribution in [0.25, 0.3) is 0 Å². The number of benzene rings is 1. The first-order valence-electron chi connectivity index (χ1n) is 12.7. The van der Waals surface area contributed by atoms with E-state index in [0.29, 0.717) is 24.7 Å². The maximum absolute atomic E-state index is 13.6. The van der Waals surface area contributed by atoms with Gasteiger partial charge in [-0.15, -0.1) is 0 Å². The van der Waals surface area contributed by atoms with Crippen LogP contribution in [0, 0.1) is 18.3 Å². The van der Waals surface area contributed by atoms with E-state index in [9.17, 15) is 14.7 Å². The molecule has 1 aromatic carbocycles. The lowest BCUT2D eigenvalue weighted by atomic mass is 9.75. The number of carbonyl (C=O) groups excluding carboxylic acids is 1. The van der Waals surface area contributed by atoms with Gasteiger partial charge in [0.15, 0.2) is 0 Å². The van der Waals surface area contributed by atoms with Crippen molar-refractivity contribution in [2.45, 2.75) is 65.0 Å². The number of nitrogens with zero attached hydrogens (tertiary/aromatic N) is 2. The van der Waals surface area contributed by atoms with Gasteiger partial charge in [-0.1, -0.05) is 42.3 Å². The first-order valence-corrected chi connectivity index (χ1v) is 13.0. The van der Waals surface area contributed by atoms with E-state index in [-0.39, 0.29) is 24.3 Å². The molecule has 2 saturated heterocycles. The molecule has 1 amide bonds. The molecule has 1 aromatic rings. The second-order valence-electron chi connectivity index (χ2n) is 10.6. The molecule has 2 N–H and O–H groups in total. The summed E-state index contributed by atoms with van der Waals surface area (Å²) in [6.07, 6.45) is 7.76. The number of halogens is 1. The molecule has 186 valence electrons. The molecule has 3 aliphatic rings. The second kappa shape index (κ2) is 10.8. The summed E-state index contributed by atoms with van der Waals surface area (Å²) in [5.74, 6) is -1.07. The average molecular weight is 488 g/mol. The number of carboxylic acids is 1. The predicted octanol–water partition coefficient (Wildman–Crippen LogP) is 4.25. The lowest BCUT2D eigenvalue weighted by molar-refractivity contribution is -0.147. The van der Waals surface area contributed by atoms with Crippen molar-refractivity contribution in [2.75, 3.05) is 32.7 Å². The quantitative estimate of drug-likeness (QED) is 0.536. The van der Waals surface area contributed by atoms with Crippen LogP contribution >= 0.6 is 11.6 Å². The Hall–Kier alpha value is -1.89. The number of nitrogens with one attached hydrogen (secondary N) is 1. The average Bonchev–Trinajstić information content (AvgIpc) is 3.40. The molecule has 2 aliphatic heterocycles. The molecule has 0 saturated carbocycles. The molecule has 2 atom stereocenters. The molecule has 0 aromatic heterocycles. The molecule has 34 heavy (non-hydrogen) atoms. The highest BCUT2D eigenvalue weighted by Crippen LogP contribution is 2.41. The van der Waals surface area contributed by atoms with Crippen LogP contribution in [-0.2, 0) is 16.1 Å². The van der Waals surface area contributed by atoms with Crippen molar-refractivity contribution in [3.8, 4) is 0 Å². The molecule has 0 bridgehead atoms. The standard InChI is InChI=1S/C27H38ClN3O3/c1-19-6-5-9-24(28)23(19)17-31-15-20(2)27(18-31,14-25(32)33)26(34)29-22-10-12-30(13-11-22)16-21-7-3-4-8-21/h5-7,9,20,22H,3-4,8,10-18H2,1-2H3,(H,29,34)(H,32,33)/t20-,27+/m0/s1. The molecule has 0 unspecified atom stereocenters. The SMILES string of the molecule is Cc1cccc(Cl)c1CN1C[C@H](C)[C@](CC(=O)O)(C(=O)NC2CCN(CC3=CCCC3)CC2)C1. The zero-order valence-electron chi connectivity index (χ0n) is 20.5. The fraction of sp³-hybridized carbons (Fsp3) is 0.630. The van der Waals surface area contributed by atoms with E-state index >= 15 is 0 Å². The van der Waals surface area contributed by atoms with E-state index in [1.54, 1.807) is 5.57 Å². The van der Waals surface area contributed by atoms with Crippen molar-refractivity contribution in [2.24, 2.45) is 11.3 Å². The Bertz CT molecular complexity index is 921. The van der Waals surface area contributed by atoms with Gasteiger partial charge in [0, 0.05) is 50.3 Å². The minimum Gasteiger partial charge on any atom is -0.481 e. The van der Waals surface area contributed by atoms with E-state index in [4.69, 9.17) is 11.6 Å². The van der Waals surface area contributed by atoms with E-state index in [0.717, 1.165) is 43.6 Å². The third-order valence-electron chi connectivity index (χ3n) is 8.12. The minimum atomic E-state index is -0.924. The molecular weight excluding hydrogens is 450 g/mol. The maximum atomic E-state index is 13.6. The summed E-state index contributed by atoms with van der Waals surface area (Å²) in [7, 11) is 0. The zero-order valence-corrected chi connectivity index (χ0v) is 21.2. The summed E-state index contributed by atoms with van der Waals surface area (Å²) >= 11 is 6.45. The van der Waals surface area contributed by atoms with Crippen LogP contribution in [0.1, 0.15) is 56.6 Å². The smallest absolute Gasteiger partial charge is 0.304 e. The monoisotopic (exact) mass is 487 g/mol. The highest BCUT2D eigenvalue weighted by Gasteiger charge is 2.51. The molecular formula is C27H38ClN3O3. The van der Waals surface area contributed by atoms with Gasteiger partial charge in [0.1, 0.15) is 0 Å². The van der Waals surface area contributed by atoms with Gasteiger partial charge in [-0.05, 0) is 62.1 Å². The molecule has 7 heteroatoms. The van der Waals surface area contributed by atoms with Crippen molar-refractivity contribution in [1.29, 1.82) is 0 Å². The Morgan fingerprint density at radius 3 is 2.62 bits per heavy atom. The number of piperidine rings is 1. The van der Waals surface area contributed by atoms with Gasteiger partial charge in [0.2, 0.25) is 5.91 Å². The van der Waals surface area contributed by atoms with Gasteiger partial charge in [0.05, 0.1) is 11.8 Å². The Labute approximate surface area is 208 Å². The number of rotatable bonds is 8. The molecule has 0 spiro atoms. The van der Waals surface area contributed by atoms with Crippen LogP contribution < -0.4 is 5.32 Å². The van der Waals surface area contributed by atoms with E-state index < -0.39 is 11.4 Å². The fourth-order valence-corrected chi connectivity index (χ4v) is 6.28. The van der Waals surface area contributed by atoms with Gasteiger partial charge in [-0.3, -0.25) is 19.4 Å². The fourth-order valence-electron chi connectivity index (χ4n) is 6.00. The minimum absolute atomic E-state index is 0.0548. The third kappa shape index (κ3) is 5.67. The largest absolute Gasteiger partial charge is 0.481 e. The maximum Gasteiger partial charge on any atom is 0.304 e. The van der Waals surface area contributed by atoms with Crippen LogP contribution in [0.2, 0.25) is 5.02 Å². The van der Waals surface area contributed by atoms with Crippen molar-refractivity contribution in [3.63, 3.8) is 0 Å². The summed E-state index contributed by atoms with van der Waals surface area (Å²) in [5, 5.41) is 13.7. The number of likely N-dealkylation sites (tertiary alicyclic amines) is 2. The highest BCUT2D eigenvalue weighted by molar-refractivity contribution is 6.31. The topological polar surface area (TPSA) is 72.9 Å². The molecule has 2 fully saturated rings. The number of aryl methyl sites for hydroxylation is 1. The number of carboxylic acid groups (broad SMARTS) is 1. The Morgan fingerprint density at radius 2 is 1.97 bits per heavy atom. The Morgan fingerprint density at radius 1 is 1.21 bits per heavy atom. The summed E-state index contributed by atoms with van der Waals surface area (Å²) in [6.45, 7) is 8.79. The van der Waals surface area contributed by atoms with Gasteiger partial charge in [0.25, 0.3) is 0 Å². The normalized spacial score (nSPS) is 26.6. The van der Waals surface area contributed by atoms with Crippen LogP contribution in [-0.4, -0.2) is 65.5 Å². The van der Waals surface area contributed by atoms with Crippen molar-refractivity contribution >= 4 is 23.5 Å². The first kappa shape index (κ1) is 25.2. The van der Waals surface area contributed by atoms with Crippen LogP contribution in [0.5, 0.6) is 0 Å². The molecule has 0 radical (unpaired) electrons. The third-order valence-corrected chi connectivity index (χ3v) is 8.47. The van der Waals surface area contributed by atoms with Gasteiger partial charge >= 0.3 is 5.97 Å². The zero-order chi connectivity index (χ0) is 24.3. The molecule has 4 rings (SSSR count). The molecule has 2 heterocycles. The van der Waals surface area contributed by atoms with E-state index in [2.05, 4.69) is 21.2 Å². The number of hydrogen-bond acceptors (Lipinski definition) is 4. The molecule has 1 aliphatic carbocycles. The highest BCUT2D eigenvalue weighted by atomic mass is 35.5. The van der Waals surface area contributed by atoms with Crippen LogP contribution in [0.15, 0.2) is 29.8 Å². The lowest BCUT2D eigenvalue weighted by Crippen LogP contribution is -2.53. The van der Waals surface area contributed by atoms with Gasteiger partial charge in [-0.2, -0.15) is 0 Å². The van der Waals surface area contributed by atoms with Crippen LogP contribution in [0.4, 0.5) is 0 Å². The lowest BCUT2D eigenvalue weighted by Gasteiger charge is -2.36. The van der Waals surface area contributed by atoms with Crippen LogP contribution in [0.3, 0.4) is 0 Å². The number of amides is 1. The second-order valence-corrected chi connectivity index (χ2v) is 11.0. The summed E-state index contributed by atoms with van der Waals surface area (Å²) in [4.78, 5) is 30.2.